The number of nitrogens with zero attached hydrogens (tertiary/aromatic N) is 1. The molecule has 0 aliphatic rings. The minimum atomic E-state index is -0.865. The zero-order chi connectivity index (χ0) is 15.8. The molecule has 21 heavy (non-hydrogen) atoms. The van der Waals surface area contributed by atoms with Gasteiger partial charge in [-0.25, -0.2) is 0 Å². The largest absolute Gasteiger partial charge is 0.493 e. The van der Waals surface area contributed by atoms with E-state index in [0.717, 1.165) is 6.42 Å². The van der Waals surface area contributed by atoms with Gasteiger partial charge in [-0.2, -0.15) is 0 Å². The summed E-state index contributed by atoms with van der Waals surface area (Å²) in [7, 11) is 0. The molecule has 0 aliphatic heterocycles. The Morgan fingerprint density at radius 3 is 2.76 bits per heavy atom. The Morgan fingerprint density at radius 2 is 2.19 bits per heavy atom. The first-order valence-electron chi connectivity index (χ1n) is 6.80. The maximum Gasteiger partial charge on any atom is 0.303 e. The second-order valence-corrected chi connectivity index (χ2v) is 4.91. The molecule has 0 bridgehead atoms. The number of benzene rings is 1. The first-order chi connectivity index (χ1) is 9.92. The van der Waals surface area contributed by atoms with E-state index < -0.39 is 10.9 Å². The molecule has 2 N–H and O–H groups in total. The molecule has 0 radical (unpaired) electrons. The number of carboxylic acids is 1. The third kappa shape index (κ3) is 6.11. The van der Waals surface area contributed by atoms with Crippen molar-refractivity contribution in [3.63, 3.8) is 0 Å². The summed E-state index contributed by atoms with van der Waals surface area (Å²) in [6.45, 7) is 4.65. The van der Waals surface area contributed by atoms with Crippen molar-refractivity contribution in [3.05, 3.63) is 28.3 Å². The minimum absolute atomic E-state index is 0.0428. The number of hydrogen-bond donors (Lipinski definition) is 2. The van der Waals surface area contributed by atoms with Crippen molar-refractivity contribution in [1.82, 2.24) is 0 Å². The summed E-state index contributed by atoms with van der Waals surface area (Å²) in [6, 6.07) is 4.46. The summed E-state index contributed by atoms with van der Waals surface area (Å²) >= 11 is 0. The van der Waals surface area contributed by atoms with E-state index >= 15 is 0 Å². The highest BCUT2D eigenvalue weighted by molar-refractivity contribution is 5.67. The number of hydrogen-bond acceptors (Lipinski definition) is 5. The molecule has 0 heterocycles. The lowest BCUT2D eigenvalue weighted by Gasteiger charge is -2.13. The summed E-state index contributed by atoms with van der Waals surface area (Å²) in [6.07, 6.45) is 0.849. The highest BCUT2D eigenvalue weighted by atomic mass is 16.6. The van der Waals surface area contributed by atoms with Crippen LogP contribution in [0.15, 0.2) is 18.2 Å². The van der Waals surface area contributed by atoms with Crippen molar-refractivity contribution >= 4 is 17.3 Å². The number of aliphatic carboxylic acids is 1. The monoisotopic (exact) mass is 296 g/mol. The van der Waals surface area contributed by atoms with Crippen LogP contribution in [0.25, 0.3) is 0 Å². The average Bonchev–Trinajstić information content (AvgIpc) is 2.42. The fraction of sp³-hybridized carbons (Fsp3) is 0.500. The molecule has 1 aromatic carbocycles. The third-order valence-corrected chi connectivity index (χ3v) is 2.75. The third-order valence-electron chi connectivity index (χ3n) is 2.75. The van der Waals surface area contributed by atoms with Gasteiger partial charge in [-0.1, -0.05) is 13.8 Å². The van der Waals surface area contributed by atoms with Crippen molar-refractivity contribution in [2.24, 2.45) is 5.92 Å². The molecule has 7 nitrogen and oxygen atoms in total. The van der Waals surface area contributed by atoms with Gasteiger partial charge in [0.2, 0.25) is 0 Å². The molecule has 0 spiro atoms. The number of nitrogens with one attached hydrogen (secondary N) is 1. The SMILES string of the molecule is CCCOc1cc(NCC(C)CC(=O)O)cc([N+](=O)[O-])c1. The fourth-order valence-electron chi connectivity index (χ4n) is 1.76. The normalized spacial score (nSPS) is 11.7. The van der Waals surface area contributed by atoms with Crippen LogP contribution in [0.5, 0.6) is 5.75 Å². The number of carboxylic acid groups (broad SMARTS) is 1. The van der Waals surface area contributed by atoms with E-state index in [9.17, 15) is 14.9 Å². The van der Waals surface area contributed by atoms with Crippen LogP contribution in [0.4, 0.5) is 11.4 Å². The average molecular weight is 296 g/mol. The van der Waals surface area contributed by atoms with Crippen molar-refractivity contribution in [1.29, 1.82) is 0 Å². The maximum atomic E-state index is 10.9. The second-order valence-electron chi connectivity index (χ2n) is 4.91. The Kier molecular flexibility index (Phi) is 6.45. The first-order valence-corrected chi connectivity index (χ1v) is 6.80. The Bertz CT molecular complexity index is 504. The molecule has 0 amide bonds. The summed E-state index contributed by atoms with van der Waals surface area (Å²) in [5.74, 6) is -0.517. The topological polar surface area (TPSA) is 102 Å². The number of ether oxygens (including phenoxy) is 1. The molecule has 1 aromatic rings. The molecular weight excluding hydrogens is 276 g/mol. The Labute approximate surface area is 123 Å². The van der Waals surface area contributed by atoms with Crippen molar-refractivity contribution < 1.29 is 19.6 Å². The van der Waals surface area contributed by atoms with E-state index in [1.54, 1.807) is 13.0 Å². The molecule has 0 fully saturated rings. The molecule has 0 saturated heterocycles. The zero-order valence-electron chi connectivity index (χ0n) is 12.2. The number of nitro groups is 1. The minimum Gasteiger partial charge on any atom is -0.493 e. The van der Waals surface area contributed by atoms with Gasteiger partial charge < -0.3 is 15.2 Å². The number of anilines is 1. The van der Waals surface area contributed by atoms with Gasteiger partial charge in [-0.05, 0) is 12.3 Å². The Morgan fingerprint density at radius 1 is 1.48 bits per heavy atom. The van der Waals surface area contributed by atoms with Crippen LogP contribution in [-0.4, -0.2) is 29.2 Å². The highest BCUT2D eigenvalue weighted by Gasteiger charge is 2.12. The van der Waals surface area contributed by atoms with Crippen LogP contribution >= 0.6 is 0 Å². The van der Waals surface area contributed by atoms with Crippen molar-refractivity contribution in [2.75, 3.05) is 18.5 Å². The highest BCUT2D eigenvalue weighted by Crippen LogP contribution is 2.26. The molecule has 0 saturated carbocycles. The van der Waals surface area contributed by atoms with E-state index in [1.807, 2.05) is 6.92 Å². The number of carbonyl (C=O) groups is 1. The van der Waals surface area contributed by atoms with E-state index in [1.165, 1.54) is 12.1 Å². The predicted octanol–water partition coefficient (Wildman–Crippen LogP) is 2.91. The van der Waals surface area contributed by atoms with Gasteiger partial charge >= 0.3 is 5.97 Å². The van der Waals surface area contributed by atoms with Gasteiger partial charge in [-0.3, -0.25) is 14.9 Å². The number of nitro benzene ring substituents is 1. The van der Waals surface area contributed by atoms with E-state index in [4.69, 9.17) is 9.84 Å². The summed E-state index contributed by atoms with van der Waals surface area (Å²) in [5, 5.41) is 22.6. The van der Waals surface area contributed by atoms with Crippen LogP contribution < -0.4 is 10.1 Å². The molecule has 1 atom stereocenters. The standard InChI is InChI=1S/C14H20N2O5/c1-3-4-21-13-7-11(6-12(8-13)16(19)20)15-9-10(2)5-14(17)18/h6-8,10,15H,3-5,9H2,1-2H3,(H,17,18). The van der Waals surface area contributed by atoms with Crippen LogP contribution in [-0.2, 0) is 4.79 Å². The fourth-order valence-corrected chi connectivity index (χ4v) is 1.76. The van der Waals surface area contributed by atoms with Crippen LogP contribution in [0.2, 0.25) is 0 Å². The van der Waals surface area contributed by atoms with Crippen LogP contribution in [0.3, 0.4) is 0 Å². The van der Waals surface area contributed by atoms with Crippen molar-refractivity contribution in [2.45, 2.75) is 26.7 Å². The van der Waals surface area contributed by atoms with Gasteiger partial charge in [0.25, 0.3) is 5.69 Å². The van der Waals surface area contributed by atoms with Crippen molar-refractivity contribution in [3.8, 4) is 5.75 Å². The van der Waals surface area contributed by atoms with Gasteiger partial charge in [0, 0.05) is 30.8 Å². The molecule has 116 valence electrons. The Hall–Kier alpha value is -2.31. The quantitative estimate of drug-likeness (QED) is 0.536. The molecular formula is C14H20N2O5. The van der Waals surface area contributed by atoms with Gasteiger partial charge in [-0.15, -0.1) is 0 Å². The number of non-ortho nitro benzene ring substituents is 1. The van der Waals surface area contributed by atoms with Crippen LogP contribution in [0, 0.1) is 16.0 Å². The predicted molar refractivity (Wildman–Crippen MR) is 78.8 cm³/mol. The Balaban J connectivity index is 2.77. The number of rotatable bonds is 9. The van der Waals surface area contributed by atoms with E-state index in [-0.39, 0.29) is 18.0 Å². The molecule has 7 heteroatoms. The molecule has 0 aliphatic carbocycles. The lowest BCUT2D eigenvalue weighted by Crippen LogP contribution is -2.15. The van der Waals surface area contributed by atoms with Gasteiger partial charge in [0.05, 0.1) is 17.6 Å². The van der Waals surface area contributed by atoms with Crippen LogP contribution in [0.1, 0.15) is 26.7 Å². The molecule has 0 aromatic heterocycles. The second kappa shape index (κ2) is 8.08. The van der Waals surface area contributed by atoms with Gasteiger partial charge in [0.15, 0.2) is 0 Å². The first kappa shape index (κ1) is 16.7. The summed E-state index contributed by atoms with van der Waals surface area (Å²) in [5.41, 5.74) is 0.490. The van der Waals surface area contributed by atoms with Gasteiger partial charge in [0.1, 0.15) is 5.75 Å². The summed E-state index contributed by atoms with van der Waals surface area (Å²) < 4.78 is 5.42. The van der Waals surface area contributed by atoms with E-state index in [2.05, 4.69) is 5.32 Å². The molecule has 1 unspecified atom stereocenters. The lowest BCUT2D eigenvalue weighted by molar-refractivity contribution is -0.384. The summed E-state index contributed by atoms with van der Waals surface area (Å²) in [4.78, 5) is 21.0. The lowest BCUT2D eigenvalue weighted by atomic mass is 10.1. The maximum absolute atomic E-state index is 10.9. The van der Waals surface area contributed by atoms with E-state index in [0.29, 0.717) is 24.6 Å². The molecule has 1 rings (SSSR count). The smallest absolute Gasteiger partial charge is 0.303 e. The zero-order valence-corrected chi connectivity index (χ0v) is 12.2.